The van der Waals surface area contributed by atoms with Gasteiger partial charge in [-0.05, 0) is 165 Å². The summed E-state index contributed by atoms with van der Waals surface area (Å²) in [6, 6.07) is 88.9. The standard InChI is InChI=1S/C60H40/c1-6-16-41(17-7-1)46-26-27-48-33-49(29-28-47(48)32-46)50-30-31-51-34-52(36-55(58(51)35-50)43-20-10-3-11-21-43)54-38-57(45-24-14-5-15-25-45)59-39-53(42-18-8-2-9-19-42)37-56(60(59)40-54)44-22-12-4-13-23-44/h1-40H. The number of hydrogen-bond donors (Lipinski definition) is 0. The van der Waals surface area contributed by atoms with Crippen LogP contribution in [0.5, 0.6) is 0 Å². The van der Waals surface area contributed by atoms with Crippen LogP contribution in [0.4, 0.5) is 0 Å². The molecule has 0 heterocycles. The summed E-state index contributed by atoms with van der Waals surface area (Å²) >= 11 is 0. The third-order valence-electron chi connectivity index (χ3n) is 12.0. The lowest BCUT2D eigenvalue weighted by molar-refractivity contribution is 1.59. The van der Waals surface area contributed by atoms with E-state index in [1.54, 1.807) is 0 Å². The Labute approximate surface area is 351 Å². The van der Waals surface area contributed by atoms with Crippen molar-refractivity contribution in [3.63, 3.8) is 0 Å². The van der Waals surface area contributed by atoms with Gasteiger partial charge in [-0.25, -0.2) is 0 Å². The molecule has 0 heteroatoms. The Morgan fingerprint density at radius 3 is 0.883 bits per heavy atom. The molecule has 11 rings (SSSR count). The third kappa shape index (κ3) is 6.65. The molecule has 0 atom stereocenters. The second-order valence-corrected chi connectivity index (χ2v) is 15.7. The van der Waals surface area contributed by atoms with Crippen LogP contribution in [0.3, 0.4) is 0 Å². The quantitative estimate of drug-likeness (QED) is 0.152. The van der Waals surface area contributed by atoms with Crippen molar-refractivity contribution in [2.75, 3.05) is 0 Å². The Kier molecular flexibility index (Phi) is 8.95. The molecule has 11 aromatic rings. The van der Waals surface area contributed by atoms with Crippen LogP contribution < -0.4 is 0 Å². The van der Waals surface area contributed by atoms with Crippen molar-refractivity contribution in [3.8, 4) is 77.9 Å². The SMILES string of the molecule is c1ccc(-c2ccc3cc(-c4ccc5cc(-c6cc(-c7ccccc7)c7cc(-c8ccccc8)cc(-c8ccccc8)c7c6)cc(-c6ccccc6)c5c4)ccc3c2)cc1. The predicted octanol–water partition coefficient (Wildman–Crippen LogP) is 16.8. The van der Waals surface area contributed by atoms with E-state index in [1.807, 2.05) is 0 Å². The first kappa shape index (κ1) is 35.4. The van der Waals surface area contributed by atoms with Crippen molar-refractivity contribution >= 4 is 32.3 Å². The lowest BCUT2D eigenvalue weighted by atomic mass is 9.85. The molecule has 11 aromatic carbocycles. The van der Waals surface area contributed by atoms with E-state index in [4.69, 9.17) is 0 Å². The molecule has 0 aliphatic rings. The minimum atomic E-state index is 1.19. The molecule has 0 aliphatic heterocycles. The van der Waals surface area contributed by atoms with E-state index < -0.39 is 0 Å². The molecule has 0 N–H and O–H groups in total. The zero-order chi connectivity index (χ0) is 39.8. The number of fused-ring (bicyclic) bond motifs is 3. The van der Waals surface area contributed by atoms with Gasteiger partial charge in [0.25, 0.3) is 0 Å². The lowest BCUT2D eigenvalue weighted by Gasteiger charge is -2.18. The molecule has 0 unspecified atom stereocenters. The minimum Gasteiger partial charge on any atom is -0.0622 e. The maximum atomic E-state index is 2.42. The molecule has 0 radical (unpaired) electrons. The average molecular weight is 761 g/mol. The van der Waals surface area contributed by atoms with Crippen LogP contribution >= 0.6 is 0 Å². The molecular weight excluding hydrogens is 721 g/mol. The zero-order valence-electron chi connectivity index (χ0n) is 33.1. The van der Waals surface area contributed by atoms with Gasteiger partial charge < -0.3 is 0 Å². The first-order valence-corrected chi connectivity index (χ1v) is 20.7. The second kappa shape index (κ2) is 15.2. The lowest BCUT2D eigenvalue weighted by Crippen LogP contribution is -1.92. The summed E-state index contributed by atoms with van der Waals surface area (Å²) in [7, 11) is 0. The number of hydrogen-bond acceptors (Lipinski definition) is 0. The second-order valence-electron chi connectivity index (χ2n) is 15.7. The van der Waals surface area contributed by atoms with Crippen molar-refractivity contribution in [2.24, 2.45) is 0 Å². The van der Waals surface area contributed by atoms with Crippen molar-refractivity contribution in [1.29, 1.82) is 0 Å². The summed E-state index contributed by atoms with van der Waals surface area (Å²) in [5.41, 5.74) is 17.0. The fraction of sp³-hybridized carbons (Fsp3) is 0. The van der Waals surface area contributed by atoms with Crippen LogP contribution in [-0.2, 0) is 0 Å². The van der Waals surface area contributed by atoms with E-state index in [1.165, 1.54) is 110 Å². The molecule has 0 bridgehead atoms. The Hall–Kier alpha value is -7.80. The number of benzene rings is 11. The van der Waals surface area contributed by atoms with Crippen LogP contribution in [0.2, 0.25) is 0 Å². The van der Waals surface area contributed by atoms with Gasteiger partial charge in [0, 0.05) is 0 Å². The monoisotopic (exact) mass is 760 g/mol. The van der Waals surface area contributed by atoms with Crippen molar-refractivity contribution < 1.29 is 0 Å². The highest BCUT2D eigenvalue weighted by atomic mass is 14.2. The van der Waals surface area contributed by atoms with Gasteiger partial charge in [0.1, 0.15) is 0 Å². The maximum absolute atomic E-state index is 2.42. The molecule has 0 aromatic heterocycles. The molecule has 0 amide bonds. The van der Waals surface area contributed by atoms with Gasteiger partial charge in [-0.1, -0.05) is 188 Å². The summed E-state index contributed by atoms with van der Waals surface area (Å²) in [4.78, 5) is 0. The predicted molar refractivity (Wildman–Crippen MR) is 257 cm³/mol. The Morgan fingerprint density at radius 1 is 0.150 bits per heavy atom. The van der Waals surface area contributed by atoms with Crippen molar-refractivity contribution in [1.82, 2.24) is 0 Å². The highest BCUT2D eigenvalue weighted by Crippen LogP contribution is 2.44. The molecule has 0 saturated heterocycles. The summed E-state index contributed by atoms with van der Waals surface area (Å²) < 4.78 is 0. The zero-order valence-corrected chi connectivity index (χ0v) is 33.1. The molecule has 0 aliphatic carbocycles. The highest BCUT2D eigenvalue weighted by molar-refractivity contribution is 6.10. The Balaban J connectivity index is 1.10. The smallest absolute Gasteiger partial charge is 0.00926 e. The Morgan fingerprint density at radius 2 is 0.433 bits per heavy atom. The summed E-state index contributed by atoms with van der Waals surface area (Å²) in [5.74, 6) is 0. The van der Waals surface area contributed by atoms with Gasteiger partial charge >= 0.3 is 0 Å². The first-order chi connectivity index (χ1) is 29.7. The van der Waals surface area contributed by atoms with E-state index in [0.717, 1.165) is 0 Å². The van der Waals surface area contributed by atoms with E-state index in [9.17, 15) is 0 Å². The summed E-state index contributed by atoms with van der Waals surface area (Å²) in [6.07, 6.45) is 0. The van der Waals surface area contributed by atoms with E-state index in [2.05, 4.69) is 243 Å². The fourth-order valence-electron chi connectivity index (χ4n) is 8.94. The topological polar surface area (TPSA) is 0 Å². The maximum Gasteiger partial charge on any atom is -0.00926 e. The van der Waals surface area contributed by atoms with E-state index in [0.29, 0.717) is 0 Å². The van der Waals surface area contributed by atoms with E-state index >= 15 is 0 Å². The van der Waals surface area contributed by atoms with Crippen molar-refractivity contribution in [2.45, 2.75) is 0 Å². The van der Waals surface area contributed by atoms with Crippen LogP contribution in [0.1, 0.15) is 0 Å². The first-order valence-electron chi connectivity index (χ1n) is 20.7. The van der Waals surface area contributed by atoms with Gasteiger partial charge in [0.2, 0.25) is 0 Å². The van der Waals surface area contributed by atoms with Gasteiger partial charge in [0.15, 0.2) is 0 Å². The van der Waals surface area contributed by atoms with Crippen LogP contribution in [0.25, 0.3) is 110 Å². The fourth-order valence-corrected chi connectivity index (χ4v) is 8.94. The van der Waals surface area contributed by atoms with Gasteiger partial charge in [-0.2, -0.15) is 0 Å². The Bertz CT molecular complexity index is 3310. The molecule has 0 nitrogen and oxygen atoms in total. The summed E-state index contributed by atoms with van der Waals surface area (Å²) in [5, 5.41) is 7.41. The van der Waals surface area contributed by atoms with E-state index in [-0.39, 0.29) is 0 Å². The normalized spacial score (nSPS) is 11.3. The molecule has 0 saturated carbocycles. The summed E-state index contributed by atoms with van der Waals surface area (Å²) in [6.45, 7) is 0. The number of rotatable bonds is 7. The molecule has 0 spiro atoms. The average Bonchev–Trinajstić information content (AvgIpc) is 3.34. The van der Waals surface area contributed by atoms with Crippen LogP contribution in [0, 0.1) is 0 Å². The van der Waals surface area contributed by atoms with Crippen molar-refractivity contribution in [3.05, 3.63) is 243 Å². The molecular formula is C60H40. The largest absolute Gasteiger partial charge is 0.0622 e. The molecule has 0 fully saturated rings. The highest BCUT2D eigenvalue weighted by Gasteiger charge is 2.17. The minimum absolute atomic E-state index is 1.19. The molecule has 60 heavy (non-hydrogen) atoms. The molecule has 280 valence electrons. The van der Waals surface area contributed by atoms with Crippen LogP contribution in [0.15, 0.2) is 243 Å². The van der Waals surface area contributed by atoms with Gasteiger partial charge in [0.05, 0.1) is 0 Å². The van der Waals surface area contributed by atoms with Gasteiger partial charge in [-0.3, -0.25) is 0 Å². The van der Waals surface area contributed by atoms with Gasteiger partial charge in [-0.15, -0.1) is 0 Å². The third-order valence-corrected chi connectivity index (χ3v) is 12.0. The van der Waals surface area contributed by atoms with Crippen LogP contribution in [-0.4, -0.2) is 0 Å².